The van der Waals surface area contributed by atoms with Crippen LogP contribution < -0.4 is 4.74 Å². The van der Waals surface area contributed by atoms with Crippen molar-refractivity contribution in [3.63, 3.8) is 0 Å². The number of hydrogen-bond donors (Lipinski definition) is 0. The molecule has 1 aliphatic rings. The van der Waals surface area contributed by atoms with Crippen LogP contribution in [0.4, 0.5) is 0 Å². The molecule has 4 heteroatoms. The molecule has 0 aromatic carbocycles. The molecule has 0 amide bonds. The van der Waals surface area contributed by atoms with Crippen LogP contribution in [0.1, 0.15) is 38.2 Å². The van der Waals surface area contributed by atoms with Crippen LogP contribution in [0.15, 0.2) is 12.3 Å². The van der Waals surface area contributed by atoms with E-state index in [1.165, 1.54) is 12.8 Å². The third-order valence-corrected chi connectivity index (χ3v) is 3.86. The lowest BCUT2D eigenvalue weighted by Crippen LogP contribution is -2.24. The largest absolute Gasteiger partial charge is 0.474 e. The normalized spacial score (nSPS) is 24.6. The van der Waals surface area contributed by atoms with Gasteiger partial charge in [-0.05, 0) is 30.7 Å². The van der Waals surface area contributed by atoms with Gasteiger partial charge in [0.2, 0.25) is 5.88 Å². The van der Waals surface area contributed by atoms with E-state index in [0.29, 0.717) is 16.8 Å². The minimum atomic E-state index is 0.288. The number of ether oxygens (including phenoxy) is 1. The Kier molecular flexibility index (Phi) is 4.52. The number of aromatic nitrogens is 1. The van der Waals surface area contributed by atoms with Gasteiger partial charge >= 0.3 is 0 Å². The first-order valence-corrected chi connectivity index (χ1v) is 6.97. The molecule has 0 spiro atoms. The second-order valence-electron chi connectivity index (χ2n) is 4.76. The minimum Gasteiger partial charge on any atom is -0.474 e. The third kappa shape index (κ3) is 3.49. The SMILES string of the molecule is CC1CCCC(Oc2cc(CCl)c(Cl)cn2)C1. The Morgan fingerprint density at radius 2 is 2.29 bits per heavy atom. The highest BCUT2D eigenvalue weighted by molar-refractivity contribution is 6.32. The van der Waals surface area contributed by atoms with Crippen molar-refractivity contribution < 1.29 is 4.74 Å². The van der Waals surface area contributed by atoms with Gasteiger partial charge in [0.05, 0.1) is 5.02 Å². The van der Waals surface area contributed by atoms with E-state index in [9.17, 15) is 0 Å². The van der Waals surface area contributed by atoms with Crippen LogP contribution in [-0.4, -0.2) is 11.1 Å². The van der Waals surface area contributed by atoms with E-state index in [1.54, 1.807) is 6.20 Å². The van der Waals surface area contributed by atoms with Gasteiger partial charge in [-0.2, -0.15) is 0 Å². The van der Waals surface area contributed by atoms with Crippen LogP contribution in [0.25, 0.3) is 0 Å². The molecule has 0 radical (unpaired) electrons. The van der Waals surface area contributed by atoms with Gasteiger partial charge in [-0.1, -0.05) is 24.9 Å². The van der Waals surface area contributed by atoms with Crippen molar-refractivity contribution in [3.05, 3.63) is 22.8 Å². The van der Waals surface area contributed by atoms with E-state index >= 15 is 0 Å². The summed E-state index contributed by atoms with van der Waals surface area (Å²) >= 11 is 11.8. The number of rotatable bonds is 3. The van der Waals surface area contributed by atoms with E-state index in [2.05, 4.69) is 11.9 Å². The average Bonchev–Trinajstić information content (AvgIpc) is 2.32. The van der Waals surface area contributed by atoms with Gasteiger partial charge in [0, 0.05) is 18.1 Å². The lowest BCUT2D eigenvalue weighted by atomic mass is 9.89. The molecule has 0 saturated heterocycles. The van der Waals surface area contributed by atoms with Crippen molar-refractivity contribution in [3.8, 4) is 5.88 Å². The number of alkyl halides is 1. The molecule has 1 aliphatic carbocycles. The fourth-order valence-electron chi connectivity index (χ4n) is 2.28. The molecule has 2 nitrogen and oxygen atoms in total. The van der Waals surface area contributed by atoms with E-state index in [1.807, 2.05) is 6.07 Å². The summed E-state index contributed by atoms with van der Waals surface area (Å²) < 4.78 is 5.89. The lowest BCUT2D eigenvalue weighted by molar-refractivity contribution is 0.124. The zero-order valence-corrected chi connectivity index (χ0v) is 11.5. The summed E-state index contributed by atoms with van der Waals surface area (Å²) in [4.78, 5) is 4.19. The predicted octanol–water partition coefficient (Wildman–Crippen LogP) is 4.43. The smallest absolute Gasteiger partial charge is 0.213 e. The van der Waals surface area contributed by atoms with Crippen LogP contribution in [-0.2, 0) is 5.88 Å². The predicted molar refractivity (Wildman–Crippen MR) is 70.9 cm³/mol. The van der Waals surface area contributed by atoms with Gasteiger partial charge in [0.25, 0.3) is 0 Å². The molecule has 1 aromatic rings. The van der Waals surface area contributed by atoms with Crippen molar-refractivity contribution in [2.75, 3.05) is 0 Å². The topological polar surface area (TPSA) is 22.1 Å². The minimum absolute atomic E-state index is 0.288. The number of pyridine rings is 1. The van der Waals surface area contributed by atoms with Crippen LogP contribution >= 0.6 is 23.2 Å². The number of nitrogens with zero attached hydrogens (tertiary/aromatic N) is 1. The highest BCUT2D eigenvalue weighted by atomic mass is 35.5. The second-order valence-corrected chi connectivity index (χ2v) is 5.43. The lowest BCUT2D eigenvalue weighted by Gasteiger charge is -2.27. The Morgan fingerprint density at radius 3 is 3.00 bits per heavy atom. The van der Waals surface area contributed by atoms with Gasteiger partial charge in [-0.3, -0.25) is 0 Å². The van der Waals surface area contributed by atoms with Crippen molar-refractivity contribution in [1.82, 2.24) is 4.98 Å². The van der Waals surface area contributed by atoms with Crippen LogP contribution in [0, 0.1) is 5.92 Å². The summed E-state index contributed by atoms with van der Waals surface area (Å²) in [5.74, 6) is 1.77. The van der Waals surface area contributed by atoms with E-state index in [0.717, 1.165) is 24.3 Å². The Labute approximate surface area is 112 Å². The summed E-state index contributed by atoms with van der Waals surface area (Å²) in [6.07, 6.45) is 6.67. The van der Waals surface area contributed by atoms with Gasteiger partial charge in [0.15, 0.2) is 0 Å². The van der Waals surface area contributed by atoms with Crippen LogP contribution in [0.3, 0.4) is 0 Å². The molecule has 0 bridgehead atoms. The molecule has 1 saturated carbocycles. The molecule has 2 rings (SSSR count). The zero-order valence-electron chi connectivity index (χ0n) is 9.96. The van der Waals surface area contributed by atoms with E-state index < -0.39 is 0 Å². The molecule has 2 atom stereocenters. The Bertz CT molecular complexity index is 384. The molecule has 2 unspecified atom stereocenters. The standard InChI is InChI=1S/C13H17Cl2NO/c1-9-3-2-4-11(5-9)17-13-6-10(7-14)12(15)8-16-13/h6,8-9,11H,2-5,7H2,1H3. The Balaban J connectivity index is 2.02. The summed E-state index contributed by atoms with van der Waals surface area (Å²) in [6.45, 7) is 2.27. The quantitative estimate of drug-likeness (QED) is 0.760. The highest BCUT2D eigenvalue weighted by Gasteiger charge is 2.20. The summed E-state index contributed by atoms with van der Waals surface area (Å²) in [5.41, 5.74) is 0.877. The average molecular weight is 274 g/mol. The molecule has 17 heavy (non-hydrogen) atoms. The zero-order chi connectivity index (χ0) is 12.3. The van der Waals surface area contributed by atoms with Crippen molar-refractivity contribution in [2.45, 2.75) is 44.6 Å². The van der Waals surface area contributed by atoms with Gasteiger partial charge in [-0.15, -0.1) is 11.6 Å². The third-order valence-electron chi connectivity index (χ3n) is 3.23. The molecule has 1 aromatic heterocycles. The Hall–Kier alpha value is -0.470. The second kappa shape index (κ2) is 5.92. The fourth-order valence-corrected chi connectivity index (χ4v) is 2.74. The molecular formula is C13H17Cl2NO. The summed E-state index contributed by atoms with van der Waals surface area (Å²) in [5, 5.41) is 0.601. The van der Waals surface area contributed by atoms with Gasteiger partial charge < -0.3 is 4.74 Å². The molecule has 94 valence electrons. The molecule has 0 aliphatic heterocycles. The first-order chi connectivity index (χ1) is 8.19. The molecule has 1 fully saturated rings. The Morgan fingerprint density at radius 1 is 1.47 bits per heavy atom. The van der Waals surface area contributed by atoms with Crippen molar-refractivity contribution in [1.29, 1.82) is 0 Å². The highest BCUT2D eigenvalue weighted by Crippen LogP contribution is 2.28. The van der Waals surface area contributed by atoms with Gasteiger partial charge in [-0.25, -0.2) is 4.98 Å². The number of halogens is 2. The van der Waals surface area contributed by atoms with E-state index in [-0.39, 0.29) is 6.10 Å². The van der Waals surface area contributed by atoms with E-state index in [4.69, 9.17) is 27.9 Å². The maximum absolute atomic E-state index is 5.96. The fraction of sp³-hybridized carbons (Fsp3) is 0.615. The first kappa shape index (κ1) is 13.0. The summed E-state index contributed by atoms with van der Waals surface area (Å²) in [6, 6.07) is 1.84. The monoisotopic (exact) mass is 273 g/mol. The van der Waals surface area contributed by atoms with Crippen molar-refractivity contribution >= 4 is 23.2 Å². The number of hydrogen-bond acceptors (Lipinski definition) is 2. The maximum Gasteiger partial charge on any atom is 0.213 e. The molecule has 1 heterocycles. The van der Waals surface area contributed by atoms with Crippen molar-refractivity contribution in [2.24, 2.45) is 5.92 Å². The van der Waals surface area contributed by atoms with Gasteiger partial charge in [0.1, 0.15) is 6.10 Å². The molecule has 0 N–H and O–H groups in total. The first-order valence-electron chi connectivity index (χ1n) is 6.06. The molecular weight excluding hydrogens is 257 g/mol. The maximum atomic E-state index is 5.96. The summed E-state index contributed by atoms with van der Waals surface area (Å²) in [7, 11) is 0. The van der Waals surface area contributed by atoms with Crippen LogP contribution in [0.5, 0.6) is 5.88 Å². The van der Waals surface area contributed by atoms with Crippen LogP contribution in [0.2, 0.25) is 5.02 Å².